The lowest BCUT2D eigenvalue weighted by molar-refractivity contribution is -0.136. The van der Waals surface area contributed by atoms with Gasteiger partial charge in [0, 0.05) is 42.8 Å². The van der Waals surface area contributed by atoms with Crippen LogP contribution in [0.4, 0.5) is 4.79 Å². The van der Waals surface area contributed by atoms with E-state index in [4.69, 9.17) is 0 Å². The number of urea groups is 1. The number of carbonyl (C=O) groups is 3. The number of benzene rings is 1. The summed E-state index contributed by atoms with van der Waals surface area (Å²) in [4.78, 5) is 48.1. The van der Waals surface area contributed by atoms with Crippen molar-refractivity contribution < 1.29 is 14.4 Å². The number of hydrogen-bond acceptors (Lipinski definition) is 5. The Bertz CT molecular complexity index is 1040. The molecule has 2 aliphatic rings. The van der Waals surface area contributed by atoms with Crippen LogP contribution in [0.2, 0.25) is 0 Å². The zero-order chi connectivity index (χ0) is 24.8. The molecule has 2 aliphatic heterocycles. The average molecular weight is 495 g/mol. The highest BCUT2D eigenvalue weighted by atomic mass is 32.2. The first-order valence-electron chi connectivity index (χ1n) is 12.4. The molecular weight excluding hydrogens is 460 g/mol. The summed E-state index contributed by atoms with van der Waals surface area (Å²) in [6.45, 7) is 3.57. The van der Waals surface area contributed by atoms with Crippen molar-refractivity contribution in [2.75, 3.05) is 25.9 Å². The number of nitrogens with one attached hydrogen (secondary N) is 1. The molecule has 4 amide bonds. The second kappa shape index (κ2) is 11.2. The van der Waals surface area contributed by atoms with Gasteiger partial charge in [0.2, 0.25) is 5.91 Å². The van der Waals surface area contributed by atoms with Crippen LogP contribution in [0, 0.1) is 5.92 Å². The Morgan fingerprint density at radius 2 is 1.89 bits per heavy atom. The summed E-state index contributed by atoms with van der Waals surface area (Å²) < 4.78 is 0. The van der Waals surface area contributed by atoms with Crippen molar-refractivity contribution in [2.45, 2.75) is 55.9 Å². The van der Waals surface area contributed by atoms with Gasteiger partial charge in [-0.3, -0.25) is 19.5 Å². The third kappa shape index (κ3) is 5.53. The molecular formula is C27H34N4O3S. The topological polar surface area (TPSA) is 82.6 Å². The largest absolute Gasteiger partial charge is 0.342 e. The van der Waals surface area contributed by atoms with Gasteiger partial charge in [-0.2, -0.15) is 0 Å². The molecule has 186 valence electrons. The van der Waals surface area contributed by atoms with Crippen LogP contribution < -0.4 is 5.32 Å². The molecule has 8 heteroatoms. The van der Waals surface area contributed by atoms with E-state index in [1.54, 1.807) is 18.0 Å². The van der Waals surface area contributed by atoms with Gasteiger partial charge in [0.1, 0.15) is 5.54 Å². The SMILES string of the molecule is CCC[C@]1(C2CCN(C(=O)Cc3ccc(SC)cc3)CC2)NC(=O)N(CCc2ccccn2)C1=O. The molecule has 0 spiro atoms. The maximum absolute atomic E-state index is 13.6. The van der Waals surface area contributed by atoms with Crippen molar-refractivity contribution in [3.63, 3.8) is 0 Å². The van der Waals surface area contributed by atoms with Crippen LogP contribution in [0.5, 0.6) is 0 Å². The molecule has 1 N–H and O–H groups in total. The van der Waals surface area contributed by atoms with E-state index in [-0.39, 0.29) is 23.8 Å². The fourth-order valence-corrected chi connectivity index (χ4v) is 5.72. The first kappa shape index (κ1) is 25.2. The summed E-state index contributed by atoms with van der Waals surface area (Å²) in [5.74, 6) is 0.00580. The molecule has 0 radical (unpaired) electrons. The van der Waals surface area contributed by atoms with E-state index in [1.165, 1.54) is 9.80 Å². The van der Waals surface area contributed by atoms with Crippen molar-refractivity contribution in [1.82, 2.24) is 20.1 Å². The van der Waals surface area contributed by atoms with E-state index in [0.29, 0.717) is 51.7 Å². The van der Waals surface area contributed by atoms with E-state index in [9.17, 15) is 14.4 Å². The second-order valence-corrected chi connectivity index (χ2v) is 10.2. The van der Waals surface area contributed by atoms with E-state index >= 15 is 0 Å². The molecule has 0 unspecified atom stereocenters. The third-order valence-electron chi connectivity index (χ3n) is 7.22. The van der Waals surface area contributed by atoms with Gasteiger partial charge in [-0.15, -0.1) is 11.8 Å². The Morgan fingerprint density at radius 1 is 1.14 bits per heavy atom. The Balaban J connectivity index is 1.38. The number of aromatic nitrogens is 1. The Labute approximate surface area is 211 Å². The molecule has 2 fully saturated rings. The molecule has 2 aromatic rings. The minimum absolute atomic E-state index is 0.0173. The van der Waals surface area contributed by atoms with E-state index in [0.717, 1.165) is 17.7 Å². The normalized spacial score (nSPS) is 20.9. The fraction of sp³-hybridized carbons (Fsp3) is 0.481. The molecule has 3 heterocycles. The lowest BCUT2D eigenvalue weighted by Crippen LogP contribution is -2.56. The number of likely N-dealkylation sites (tertiary alicyclic amines) is 1. The van der Waals surface area contributed by atoms with E-state index < -0.39 is 5.54 Å². The quantitative estimate of drug-likeness (QED) is 0.422. The van der Waals surface area contributed by atoms with Crippen LogP contribution in [0.1, 0.15) is 43.9 Å². The van der Waals surface area contributed by atoms with E-state index in [1.807, 2.05) is 60.5 Å². The predicted octanol–water partition coefficient (Wildman–Crippen LogP) is 3.92. The van der Waals surface area contributed by atoms with Crippen molar-refractivity contribution in [3.8, 4) is 0 Å². The summed E-state index contributed by atoms with van der Waals surface area (Å²) in [5.41, 5.74) is 0.994. The number of thioether (sulfide) groups is 1. The molecule has 1 aromatic carbocycles. The fourth-order valence-electron chi connectivity index (χ4n) is 5.32. The zero-order valence-electron chi connectivity index (χ0n) is 20.5. The molecule has 2 saturated heterocycles. The first-order chi connectivity index (χ1) is 17.0. The van der Waals surface area contributed by atoms with Gasteiger partial charge < -0.3 is 10.2 Å². The maximum Gasteiger partial charge on any atom is 0.325 e. The molecule has 7 nitrogen and oxygen atoms in total. The number of nitrogens with zero attached hydrogens (tertiary/aromatic N) is 3. The van der Waals surface area contributed by atoms with Crippen LogP contribution in [0.3, 0.4) is 0 Å². The summed E-state index contributed by atoms with van der Waals surface area (Å²) in [7, 11) is 0. The van der Waals surface area contributed by atoms with Crippen LogP contribution >= 0.6 is 11.8 Å². The van der Waals surface area contributed by atoms with Gasteiger partial charge >= 0.3 is 6.03 Å². The summed E-state index contributed by atoms with van der Waals surface area (Å²) in [6, 6.07) is 13.5. The highest BCUT2D eigenvalue weighted by Crippen LogP contribution is 2.37. The lowest BCUT2D eigenvalue weighted by Gasteiger charge is -2.41. The molecule has 1 aromatic heterocycles. The van der Waals surface area contributed by atoms with Gasteiger partial charge in [0.25, 0.3) is 5.91 Å². The number of imide groups is 1. The predicted molar refractivity (Wildman–Crippen MR) is 137 cm³/mol. The minimum Gasteiger partial charge on any atom is -0.342 e. The first-order valence-corrected chi connectivity index (χ1v) is 13.6. The smallest absolute Gasteiger partial charge is 0.325 e. The molecule has 4 rings (SSSR count). The van der Waals surface area contributed by atoms with Gasteiger partial charge in [0.05, 0.1) is 6.42 Å². The molecule has 35 heavy (non-hydrogen) atoms. The number of pyridine rings is 1. The van der Waals surface area contributed by atoms with Crippen LogP contribution in [-0.4, -0.2) is 64.1 Å². The highest BCUT2D eigenvalue weighted by Gasteiger charge is 2.55. The lowest BCUT2D eigenvalue weighted by atomic mass is 9.74. The average Bonchev–Trinajstić information content (AvgIpc) is 3.13. The zero-order valence-corrected chi connectivity index (χ0v) is 21.4. The van der Waals surface area contributed by atoms with Crippen molar-refractivity contribution in [2.24, 2.45) is 5.92 Å². The highest BCUT2D eigenvalue weighted by molar-refractivity contribution is 7.98. The van der Waals surface area contributed by atoms with Gasteiger partial charge in [-0.05, 0) is 61.3 Å². The number of hydrogen-bond donors (Lipinski definition) is 1. The van der Waals surface area contributed by atoms with Crippen molar-refractivity contribution in [3.05, 3.63) is 59.9 Å². The minimum atomic E-state index is -0.876. The number of rotatable bonds is 9. The Kier molecular flexibility index (Phi) is 8.11. The Morgan fingerprint density at radius 3 is 2.51 bits per heavy atom. The van der Waals surface area contributed by atoms with Crippen LogP contribution in [-0.2, 0) is 22.4 Å². The number of piperidine rings is 1. The maximum atomic E-state index is 13.6. The van der Waals surface area contributed by atoms with Crippen molar-refractivity contribution in [1.29, 1.82) is 0 Å². The summed E-state index contributed by atoms with van der Waals surface area (Å²) in [6.07, 6.45) is 7.49. The monoisotopic (exact) mass is 494 g/mol. The molecule has 1 atom stereocenters. The third-order valence-corrected chi connectivity index (χ3v) is 7.97. The molecule has 0 bridgehead atoms. The van der Waals surface area contributed by atoms with Gasteiger partial charge in [-0.25, -0.2) is 4.79 Å². The summed E-state index contributed by atoms with van der Waals surface area (Å²) in [5, 5.41) is 3.08. The van der Waals surface area contributed by atoms with E-state index in [2.05, 4.69) is 10.3 Å². The summed E-state index contributed by atoms with van der Waals surface area (Å²) >= 11 is 1.68. The van der Waals surface area contributed by atoms with Crippen molar-refractivity contribution >= 4 is 29.6 Å². The van der Waals surface area contributed by atoms with Crippen LogP contribution in [0.15, 0.2) is 53.6 Å². The molecule has 0 aliphatic carbocycles. The number of carbonyl (C=O) groups excluding carboxylic acids is 3. The second-order valence-electron chi connectivity index (χ2n) is 9.36. The van der Waals surface area contributed by atoms with Gasteiger partial charge in [0.15, 0.2) is 0 Å². The molecule has 0 saturated carbocycles. The van der Waals surface area contributed by atoms with Gasteiger partial charge in [-0.1, -0.05) is 31.5 Å². The van der Waals surface area contributed by atoms with Crippen LogP contribution in [0.25, 0.3) is 0 Å². The standard InChI is InChI=1S/C27H34N4O3S/c1-3-14-27(25(33)31(26(34)29-27)18-13-22-6-4-5-15-28-22)21-11-16-30(17-12-21)24(32)19-20-7-9-23(35-2)10-8-20/h4-10,15,21H,3,11-14,16-19H2,1-2H3,(H,29,34)/t27-/m1/s1. The number of amides is 4. The Hall–Kier alpha value is -2.87.